The van der Waals surface area contributed by atoms with E-state index < -0.39 is 36.0 Å². The van der Waals surface area contributed by atoms with Crippen LogP contribution in [0.5, 0.6) is 5.75 Å². The molecule has 0 bridgehead atoms. The molecule has 2 atom stereocenters. The molecule has 0 aromatic heterocycles. The molecule has 3 amide bonds. The van der Waals surface area contributed by atoms with E-state index in [4.69, 9.17) is 9.84 Å². The molecule has 0 radical (unpaired) electrons. The fraction of sp³-hybridized carbons (Fsp3) is 0.292. The highest BCUT2D eigenvalue weighted by atomic mass is 16.5. The van der Waals surface area contributed by atoms with Gasteiger partial charge in [-0.25, -0.2) is 14.4 Å². The molecule has 1 aliphatic rings. The molecule has 1 fully saturated rings. The van der Waals surface area contributed by atoms with Crippen molar-refractivity contribution in [1.29, 1.82) is 0 Å². The summed E-state index contributed by atoms with van der Waals surface area (Å²) in [6.45, 7) is 1.28. The Morgan fingerprint density at radius 2 is 1.66 bits per heavy atom. The van der Waals surface area contributed by atoms with Gasteiger partial charge in [0.05, 0.1) is 13.2 Å². The van der Waals surface area contributed by atoms with Crippen molar-refractivity contribution in [3.05, 3.63) is 59.7 Å². The third-order valence-electron chi connectivity index (χ3n) is 5.78. The van der Waals surface area contributed by atoms with Gasteiger partial charge in [-0.15, -0.1) is 0 Å². The number of carboxylic acids is 2. The summed E-state index contributed by atoms with van der Waals surface area (Å²) in [4.78, 5) is 62.3. The SMILES string of the molecule is COc1ccc(CN(C(=O)Nc2ccc(C(C)=O)cc2)[C@H]2CCN(C(=O)C(=O)O)[C@@H]2C(=O)O)cc1. The van der Waals surface area contributed by atoms with Gasteiger partial charge in [0.1, 0.15) is 5.75 Å². The van der Waals surface area contributed by atoms with Crippen molar-refractivity contribution in [2.75, 3.05) is 19.0 Å². The first-order chi connectivity index (χ1) is 16.6. The highest BCUT2D eigenvalue weighted by Crippen LogP contribution is 2.27. The fourth-order valence-corrected chi connectivity index (χ4v) is 4.00. The summed E-state index contributed by atoms with van der Waals surface area (Å²) in [5.41, 5.74) is 1.51. The van der Waals surface area contributed by atoms with Crippen LogP contribution in [0.4, 0.5) is 10.5 Å². The number of anilines is 1. The molecule has 0 saturated carbocycles. The number of Topliss-reactive ketones (excluding diaryl/α,β-unsaturated/α-hetero) is 1. The Bertz CT molecular complexity index is 1130. The average Bonchev–Trinajstić information content (AvgIpc) is 3.27. The molecule has 11 nitrogen and oxygen atoms in total. The number of urea groups is 1. The van der Waals surface area contributed by atoms with Crippen LogP contribution in [-0.2, 0) is 20.9 Å². The zero-order valence-electron chi connectivity index (χ0n) is 19.1. The third kappa shape index (κ3) is 5.75. The molecule has 3 rings (SSSR count). The molecule has 2 aromatic carbocycles. The number of nitrogens with one attached hydrogen (secondary N) is 1. The standard InChI is InChI=1S/C24H25N3O8/c1-14(28)16-5-7-17(8-6-16)25-24(34)27(13-15-3-9-18(35-2)10-4-15)19-11-12-26(20(19)22(30)31)21(29)23(32)33/h3-10,19-20H,11-13H2,1-2H3,(H,25,34)(H,30,31)(H,32,33)/t19-,20-/m0/s1. The number of carbonyl (C=O) groups excluding carboxylic acids is 3. The fourth-order valence-electron chi connectivity index (χ4n) is 4.00. The number of benzene rings is 2. The van der Waals surface area contributed by atoms with Crippen molar-refractivity contribution in [2.45, 2.75) is 32.0 Å². The molecule has 35 heavy (non-hydrogen) atoms. The molecule has 1 heterocycles. The van der Waals surface area contributed by atoms with Gasteiger partial charge in [0, 0.05) is 24.3 Å². The predicted molar refractivity (Wildman–Crippen MR) is 123 cm³/mol. The number of nitrogens with zero attached hydrogens (tertiary/aromatic N) is 2. The van der Waals surface area contributed by atoms with Crippen molar-refractivity contribution in [2.24, 2.45) is 0 Å². The monoisotopic (exact) mass is 483 g/mol. The predicted octanol–water partition coefficient (Wildman–Crippen LogP) is 2.07. The van der Waals surface area contributed by atoms with E-state index in [9.17, 15) is 29.1 Å². The van der Waals surface area contributed by atoms with E-state index in [-0.39, 0.29) is 25.3 Å². The summed E-state index contributed by atoms with van der Waals surface area (Å²) >= 11 is 0. The van der Waals surface area contributed by atoms with Crippen molar-refractivity contribution in [3.8, 4) is 5.75 Å². The van der Waals surface area contributed by atoms with Crippen LogP contribution in [0.1, 0.15) is 29.3 Å². The van der Waals surface area contributed by atoms with Gasteiger partial charge in [0.25, 0.3) is 0 Å². The first-order valence-corrected chi connectivity index (χ1v) is 10.7. The number of aliphatic carboxylic acids is 2. The van der Waals surface area contributed by atoms with Gasteiger partial charge in [-0.1, -0.05) is 12.1 Å². The number of carboxylic acid groups (broad SMARTS) is 2. The lowest BCUT2D eigenvalue weighted by Crippen LogP contribution is -2.54. The molecule has 0 unspecified atom stereocenters. The van der Waals surface area contributed by atoms with Gasteiger partial charge >= 0.3 is 23.9 Å². The van der Waals surface area contributed by atoms with E-state index in [1.54, 1.807) is 48.5 Å². The molecule has 11 heteroatoms. The van der Waals surface area contributed by atoms with E-state index >= 15 is 0 Å². The topological polar surface area (TPSA) is 154 Å². The minimum atomic E-state index is -1.77. The number of hydrogen-bond donors (Lipinski definition) is 3. The van der Waals surface area contributed by atoms with E-state index in [2.05, 4.69) is 5.32 Å². The summed E-state index contributed by atoms with van der Waals surface area (Å²) in [6.07, 6.45) is 0.0723. The van der Waals surface area contributed by atoms with E-state index in [0.717, 1.165) is 4.90 Å². The van der Waals surface area contributed by atoms with Gasteiger partial charge < -0.3 is 30.1 Å². The first-order valence-electron chi connectivity index (χ1n) is 10.7. The third-order valence-corrected chi connectivity index (χ3v) is 5.78. The second kappa shape index (κ2) is 10.7. The molecular weight excluding hydrogens is 458 g/mol. The Balaban J connectivity index is 1.92. The van der Waals surface area contributed by atoms with Gasteiger partial charge in [0.2, 0.25) is 0 Å². The molecule has 184 valence electrons. The Hall–Kier alpha value is -4.41. The van der Waals surface area contributed by atoms with E-state index in [1.807, 2.05) is 0 Å². The van der Waals surface area contributed by atoms with E-state index in [1.165, 1.54) is 18.9 Å². The maximum Gasteiger partial charge on any atom is 0.394 e. The number of methoxy groups -OCH3 is 1. The van der Waals surface area contributed by atoms with Crippen LogP contribution in [0.2, 0.25) is 0 Å². The highest BCUT2D eigenvalue weighted by molar-refractivity contribution is 6.32. The summed E-state index contributed by atoms with van der Waals surface area (Å²) in [6, 6.07) is 9.83. The smallest absolute Gasteiger partial charge is 0.394 e. The molecule has 2 aromatic rings. The number of ketones is 1. The number of rotatable bonds is 7. The Morgan fingerprint density at radius 1 is 1.03 bits per heavy atom. The molecule has 3 N–H and O–H groups in total. The molecule has 1 saturated heterocycles. The van der Waals surface area contributed by atoms with Crippen LogP contribution in [0.25, 0.3) is 0 Å². The van der Waals surface area contributed by atoms with Gasteiger partial charge in [0.15, 0.2) is 11.8 Å². The summed E-state index contributed by atoms with van der Waals surface area (Å²) in [7, 11) is 1.51. The van der Waals surface area contributed by atoms with Crippen molar-refractivity contribution in [3.63, 3.8) is 0 Å². The van der Waals surface area contributed by atoms with Gasteiger partial charge in [-0.05, 0) is 55.3 Å². The quantitative estimate of drug-likeness (QED) is 0.400. The van der Waals surface area contributed by atoms with Crippen LogP contribution in [0.3, 0.4) is 0 Å². The Kier molecular flexibility index (Phi) is 7.69. The van der Waals surface area contributed by atoms with Crippen LogP contribution in [0, 0.1) is 0 Å². The Morgan fingerprint density at radius 3 is 2.17 bits per heavy atom. The molecule has 0 spiro atoms. The zero-order chi connectivity index (χ0) is 25.7. The number of amides is 3. The van der Waals surface area contributed by atoms with E-state index in [0.29, 0.717) is 22.6 Å². The molecular formula is C24H25N3O8. The van der Waals surface area contributed by atoms with Crippen molar-refractivity contribution in [1.82, 2.24) is 9.80 Å². The van der Waals surface area contributed by atoms with Crippen LogP contribution in [-0.4, -0.2) is 75.4 Å². The lowest BCUT2D eigenvalue weighted by atomic mass is 10.1. The first kappa shape index (κ1) is 25.2. The largest absolute Gasteiger partial charge is 0.497 e. The van der Waals surface area contributed by atoms with Gasteiger partial charge in [-0.3, -0.25) is 9.59 Å². The van der Waals surface area contributed by atoms with Gasteiger partial charge in [-0.2, -0.15) is 0 Å². The van der Waals surface area contributed by atoms with Crippen LogP contribution < -0.4 is 10.1 Å². The lowest BCUT2D eigenvalue weighted by molar-refractivity contribution is -0.160. The average molecular weight is 483 g/mol. The zero-order valence-corrected chi connectivity index (χ0v) is 19.1. The van der Waals surface area contributed by atoms with Crippen LogP contribution in [0.15, 0.2) is 48.5 Å². The van der Waals surface area contributed by atoms with Crippen molar-refractivity contribution >= 4 is 35.3 Å². The van der Waals surface area contributed by atoms with Crippen molar-refractivity contribution < 1.29 is 38.9 Å². The maximum absolute atomic E-state index is 13.3. The normalized spacial score (nSPS) is 16.9. The minimum Gasteiger partial charge on any atom is -0.497 e. The number of hydrogen-bond acceptors (Lipinski definition) is 6. The number of ether oxygens (including phenoxy) is 1. The highest BCUT2D eigenvalue weighted by Gasteiger charge is 2.47. The summed E-state index contributed by atoms with van der Waals surface area (Å²) in [5.74, 6) is -4.07. The Labute approximate surface area is 200 Å². The minimum absolute atomic E-state index is 0.00902. The number of carbonyl (C=O) groups is 5. The number of likely N-dealkylation sites (tertiary alicyclic amines) is 1. The molecule has 1 aliphatic heterocycles. The maximum atomic E-state index is 13.3. The lowest BCUT2D eigenvalue weighted by Gasteiger charge is -2.33. The molecule has 0 aliphatic carbocycles. The summed E-state index contributed by atoms with van der Waals surface area (Å²) in [5, 5.41) is 21.6. The second-order valence-electron chi connectivity index (χ2n) is 7.98. The van der Waals surface area contributed by atoms with Crippen LogP contribution >= 0.6 is 0 Å². The summed E-state index contributed by atoms with van der Waals surface area (Å²) < 4.78 is 5.14. The second-order valence-corrected chi connectivity index (χ2v) is 7.98.